The molecule has 1 N–H and O–H groups in total. The first-order valence-electron chi connectivity index (χ1n) is 6.44. The molecule has 1 aliphatic rings. The van der Waals surface area contributed by atoms with Crippen LogP contribution >= 0.6 is 12.4 Å². The Morgan fingerprint density at radius 1 is 1.57 bits per heavy atom. The maximum atomic E-state index is 11.8. The number of methoxy groups -OCH3 is 1. The molecule has 2 heterocycles. The zero-order valence-corrected chi connectivity index (χ0v) is 12.6. The molecule has 7 heteroatoms. The van der Waals surface area contributed by atoms with Crippen LogP contribution < -0.4 is 15.6 Å². The van der Waals surface area contributed by atoms with Crippen LogP contribution in [0.2, 0.25) is 0 Å². The molecular formula is C14H19ClN2O4. The first-order chi connectivity index (χ1) is 9.65. The fourth-order valence-corrected chi connectivity index (χ4v) is 2.20. The van der Waals surface area contributed by atoms with Crippen molar-refractivity contribution < 1.29 is 14.3 Å². The molecule has 1 aromatic heterocycles. The molecule has 0 radical (unpaired) electrons. The molecule has 0 unspecified atom stereocenters. The van der Waals surface area contributed by atoms with E-state index in [1.807, 2.05) is 0 Å². The van der Waals surface area contributed by atoms with Crippen molar-refractivity contribution in [1.29, 1.82) is 0 Å². The van der Waals surface area contributed by atoms with Gasteiger partial charge in [0, 0.05) is 25.6 Å². The minimum absolute atomic E-state index is 0. The summed E-state index contributed by atoms with van der Waals surface area (Å²) in [7, 11) is 1.36. The van der Waals surface area contributed by atoms with Gasteiger partial charge in [0.25, 0.3) is 5.56 Å². The van der Waals surface area contributed by atoms with E-state index in [9.17, 15) is 9.59 Å². The zero-order valence-electron chi connectivity index (χ0n) is 11.8. The molecule has 1 saturated heterocycles. The van der Waals surface area contributed by atoms with Gasteiger partial charge in [0.1, 0.15) is 12.1 Å². The second-order valence-corrected chi connectivity index (χ2v) is 4.56. The summed E-state index contributed by atoms with van der Waals surface area (Å²) < 4.78 is 12.0. The van der Waals surface area contributed by atoms with E-state index in [2.05, 4.69) is 16.6 Å². The van der Waals surface area contributed by atoms with Crippen molar-refractivity contribution in [1.82, 2.24) is 9.88 Å². The lowest BCUT2D eigenvalue weighted by Gasteiger charge is -2.16. The van der Waals surface area contributed by atoms with E-state index in [4.69, 9.17) is 4.74 Å². The SMILES string of the molecule is C=CCn1c(O[C@H]2CN[C@H](C(=O)OC)C2)cccc1=O.Cl. The molecule has 0 aromatic carbocycles. The molecule has 2 rings (SSSR count). The smallest absolute Gasteiger partial charge is 0.323 e. The molecule has 21 heavy (non-hydrogen) atoms. The van der Waals surface area contributed by atoms with Crippen LogP contribution in [0.4, 0.5) is 0 Å². The van der Waals surface area contributed by atoms with Crippen LogP contribution in [0.25, 0.3) is 0 Å². The molecular weight excluding hydrogens is 296 g/mol. The molecule has 6 nitrogen and oxygen atoms in total. The van der Waals surface area contributed by atoms with Crippen molar-refractivity contribution in [3.63, 3.8) is 0 Å². The van der Waals surface area contributed by atoms with Crippen LogP contribution in [-0.2, 0) is 16.1 Å². The Kier molecular flexibility index (Phi) is 6.45. The van der Waals surface area contributed by atoms with Crippen molar-refractivity contribution in [2.24, 2.45) is 0 Å². The van der Waals surface area contributed by atoms with Crippen LogP contribution in [0.1, 0.15) is 6.42 Å². The lowest BCUT2D eigenvalue weighted by molar-refractivity contribution is -0.142. The normalized spacial score (nSPS) is 20.4. The summed E-state index contributed by atoms with van der Waals surface area (Å²) >= 11 is 0. The van der Waals surface area contributed by atoms with Gasteiger partial charge in [-0.2, -0.15) is 0 Å². The molecule has 0 bridgehead atoms. The third kappa shape index (κ3) is 4.09. The Balaban J connectivity index is 0.00000220. The molecule has 0 aliphatic carbocycles. The third-order valence-electron chi connectivity index (χ3n) is 3.18. The van der Waals surface area contributed by atoms with E-state index in [0.717, 1.165) is 0 Å². The van der Waals surface area contributed by atoms with Gasteiger partial charge >= 0.3 is 5.97 Å². The van der Waals surface area contributed by atoms with E-state index in [1.54, 1.807) is 18.2 Å². The van der Waals surface area contributed by atoms with Crippen molar-refractivity contribution in [3.05, 3.63) is 41.2 Å². The fraction of sp³-hybridized carbons (Fsp3) is 0.429. The maximum absolute atomic E-state index is 11.8. The highest BCUT2D eigenvalue weighted by Crippen LogP contribution is 2.16. The minimum Gasteiger partial charge on any atom is -0.474 e. The van der Waals surface area contributed by atoms with Crippen molar-refractivity contribution in [2.45, 2.75) is 25.1 Å². The number of hydrogen-bond acceptors (Lipinski definition) is 5. The molecule has 0 saturated carbocycles. The number of carbonyl (C=O) groups excluding carboxylic acids is 1. The Labute approximate surface area is 129 Å². The summed E-state index contributed by atoms with van der Waals surface area (Å²) in [6.45, 7) is 4.55. The second kappa shape index (κ2) is 7.85. The summed E-state index contributed by atoms with van der Waals surface area (Å²) in [4.78, 5) is 23.2. The van der Waals surface area contributed by atoms with Crippen molar-refractivity contribution in [2.75, 3.05) is 13.7 Å². The lowest BCUT2D eigenvalue weighted by Crippen LogP contribution is -2.31. The predicted octanol–water partition coefficient (Wildman–Crippen LogP) is 0.738. The molecule has 1 aliphatic heterocycles. The van der Waals surface area contributed by atoms with Gasteiger partial charge in [0.2, 0.25) is 0 Å². The largest absolute Gasteiger partial charge is 0.474 e. The van der Waals surface area contributed by atoms with Crippen molar-refractivity contribution in [3.8, 4) is 5.88 Å². The topological polar surface area (TPSA) is 69.6 Å². The number of nitrogens with zero attached hydrogens (tertiary/aromatic N) is 1. The number of nitrogens with one attached hydrogen (secondary N) is 1. The highest BCUT2D eigenvalue weighted by Gasteiger charge is 2.31. The summed E-state index contributed by atoms with van der Waals surface area (Å²) in [6.07, 6.45) is 1.99. The monoisotopic (exact) mass is 314 g/mol. The Morgan fingerprint density at radius 2 is 2.33 bits per heavy atom. The Hall–Kier alpha value is -1.79. The van der Waals surface area contributed by atoms with Gasteiger partial charge in [0.05, 0.1) is 7.11 Å². The van der Waals surface area contributed by atoms with Crippen molar-refractivity contribution >= 4 is 18.4 Å². The third-order valence-corrected chi connectivity index (χ3v) is 3.18. The van der Waals surface area contributed by atoms with E-state index in [-0.39, 0.29) is 36.1 Å². The molecule has 1 aromatic rings. The van der Waals surface area contributed by atoms with Gasteiger partial charge in [-0.15, -0.1) is 19.0 Å². The van der Waals surface area contributed by atoms with Crippen LogP contribution in [0.5, 0.6) is 5.88 Å². The predicted molar refractivity (Wildman–Crippen MR) is 81.0 cm³/mol. The van der Waals surface area contributed by atoms with Gasteiger partial charge in [-0.3, -0.25) is 14.2 Å². The van der Waals surface area contributed by atoms with E-state index in [1.165, 1.54) is 17.7 Å². The van der Waals surface area contributed by atoms with Crippen LogP contribution in [0.3, 0.4) is 0 Å². The lowest BCUT2D eigenvalue weighted by atomic mass is 10.2. The minimum atomic E-state index is -0.353. The number of hydrogen-bond donors (Lipinski definition) is 1. The van der Waals surface area contributed by atoms with Gasteiger partial charge in [-0.1, -0.05) is 12.1 Å². The fourth-order valence-electron chi connectivity index (χ4n) is 2.20. The second-order valence-electron chi connectivity index (χ2n) is 4.56. The molecule has 0 amide bonds. The maximum Gasteiger partial charge on any atom is 0.323 e. The van der Waals surface area contributed by atoms with E-state index < -0.39 is 0 Å². The summed E-state index contributed by atoms with van der Waals surface area (Å²) in [5.41, 5.74) is -0.141. The quantitative estimate of drug-likeness (QED) is 0.641. The highest BCUT2D eigenvalue weighted by atomic mass is 35.5. The standard InChI is InChI=1S/C14H18N2O4.ClH/c1-3-7-16-12(17)5-4-6-13(16)20-10-8-11(15-9-10)14(18)19-2;/h3-6,10-11,15H,1,7-9H2,2H3;1H/t10-,11+;/m1./s1. The van der Waals surface area contributed by atoms with Gasteiger partial charge in [-0.25, -0.2) is 0 Å². The highest BCUT2D eigenvalue weighted by molar-refractivity contribution is 5.85. The Morgan fingerprint density at radius 3 is 3.00 bits per heavy atom. The number of allylic oxidation sites excluding steroid dienone is 1. The van der Waals surface area contributed by atoms with E-state index in [0.29, 0.717) is 25.4 Å². The number of aromatic nitrogens is 1. The average Bonchev–Trinajstić information content (AvgIpc) is 2.90. The zero-order chi connectivity index (χ0) is 14.5. The van der Waals surface area contributed by atoms with Crippen LogP contribution in [0.15, 0.2) is 35.6 Å². The summed E-state index contributed by atoms with van der Waals surface area (Å²) in [6, 6.07) is 4.50. The van der Waals surface area contributed by atoms with E-state index >= 15 is 0 Å². The number of esters is 1. The Bertz CT molecular complexity index is 558. The number of rotatable bonds is 5. The molecule has 116 valence electrons. The number of ether oxygens (including phenoxy) is 2. The van der Waals surface area contributed by atoms with Gasteiger partial charge in [-0.05, 0) is 6.07 Å². The summed E-state index contributed by atoms with van der Waals surface area (Å²) in [5, 5.41) is 3.04. The van der Waals surface area contributed by atoms with Crippen LogP contribution in [0, 0.1) is 0 Å². The van der Waals surface area contributed by atoms with Gasteiger partial charge < -0.3 is 14.8 Å². The molecule has 0 spiro atoms. The summed E-state index contributed by atoms with van der Waals surface area (Å²) in [5.74, 6) is 0.183. The molecule has 1 fully saturated rings. The number of carbonyl (C=O) groups is 1. The first-order valence-corrected chi connectivity index (χ1v) is 6.44. The van der Waals surface area contributed by atoms with Gasteiger partial charge in [0.15, 0.2) is 5.88 Å². The first kappa shape index (κ1) is 17.3. The average molecular weight is 315 g/mol. The molecule has 2 atom stereocenters. The number of halogens is 1. The number of pyridine rings is 1. The van der Waals surface area contributed by atoms with Crippen LogP contribution in [-0.4, -0.2) is 36.3 Å².